The van der Waals surface area contributed by atoms with E-state index in [1.807, 2.05) is 0 Å². The lowest BCUT2D eigenvalue weighted by atomic mass is 10.3. The first kappa shape index (κ1) is 12.0. The molecule has 0 saturated heterocycles. The van der Waals surface area contributed by atoms with E-state index in [0.29, 0.717) is 0 Å². The van der Waals surface area contributed by atoms with Crippen molar-refractivity contribution in [2.75, 3.05) is 5.75 Å². The van der Waals surface area contributed by atoms with Crippen molar-refractivity contribution in [1.82, 2.24) is 0 Å². The number of benzene rings is 1. The molecule has 1 atom stereocenters. The maximum atomic E-state index is 12.5. The van der Waals surface area contributed by atoms with Gasteiger partial charge in [0.25, 0.3) is 0 Å². The number of rotatable bonds is 5. The molecule has 0 radical (unpaired) electrons. The summed E-state index contributed by atoms with van der Waals surface area (Å²) in [6, 6.07) is 5.83. The van der Waals surface area contributed by atoms with Crippen LogP contribution < -0.4 is 0 Å². The number of halogens is 1. The van der Waals surface area contributed by atoms with E-state index >= 15 is 0 Å². The quantitative estimate of drug-likeness (QED) is 0.757. The summed E-state index contributed by atoms with van der Waals surface area (Å²) in [6.45, 7) is 0. The van der Waals surface area contributed by atoms with Gasteiger partial charge in [-0.05, 0) is 24.3 Å². The number of thioether (sulfide) groups is 1. The fourth-order valence-corrected chi connectivity index (χ4v) is 1.81. The molecule has 1 rings (SSSR count). The van der Waals surface area contributed by atoms with Gasteiger partial charge >= 0.3 is 5.97 Å². The van der Waals surface area contributed by atoms with Crippen molar-refractivity contribution in [1.29, 1.82) is 0 Å². The molecule has 0 bridgehead atoms. The lowest BCUT2D eigenvalue weighted by Crippen LogP contribution is -2.15. The molecule has 0 aliphatic carbocycles. The molecule has 82 valence electrons. The summed E-state index contributed by atoms with van der Waals surface area (Å²) in [5, 5.41) is 17.7. The Morgan fingerprint density at radius 2 is 2.00 bits per heavy atom. The summed E-state index contributed by atoms with van der Waals surface area (Å²) in [5.41, 5.74) is 0. The number of hydrogen-bond donors (Lipinski definition) is 2. The van der Waals surface area contributed by atoms with Crippen LogP contribution in [0, 0.1) is 5.82 Å². The van der Waals surface area contributed by atoms with Gasteiger partial charge in [-0.25, -0.2) is 4.39 Å². The minimum Gasteiger partial charge on any atom is -0.481 e. The number of aliphatic carboxylic acids is 1. The van der Waals surface area contributed by atoms with E-state index in [1.54, 1.807) is 12.1 Å². The Hall–Kier alpha value is -1.07. The van der Waals surface area contributed by atoms with Crippen molar-refractivity contribution in [3.05, 3.63) is 30.1 Å². The van der Waals surface area contributed by atoms with Gasteiger partial charge in [-0.15, -0.1) is 11.8 Å². The van der Waals surface area contributed by atoms with Crippen LogP contribution in [0.25, 0.3) is 0 Å². The van der Waals surface area contributed by atoms with Crippen LogP contribution in [0.4, 0.5) is 4.39 Å². The summed E-state index contributed by atoms with van der Waals surface area (Å²) in [5.74, 6) is -1.05. The predicted molar refractivity (Wildman–Crippen MR) is 55.4 cm³/mol. The first-order chi connectivity index (χ1) is 7.08. The van der Waals surface area contributed by atoms with Crippen molar-refractivity contribution in [2.24, 2.45) is 0 Å². The minimum atomic E-state index is -1.03. The third-order valence-electron chi connectivity index (χ3n) is 1.67. The number of carboxylic acids is 1. The molecule has 5 heteroatoms. The zero-order valence-corrected chi connectivity index (χ0v) is 8.71. The average molecular weight is 230 g/mol. The predicted octanol–water partition coefficient (Wildman–Crippen LogP) is 1.75. The number of aliphatic hydroxyl groups excluding tert-OH is 1. The van der Waals surface area contributed by atoms with Crippen LogP contribution in [0.15, 0.2) is 29.2 Å². The van der Waals surface area contributed by atoms with Crippen LogP contribution in [-0.2, 0) is 4.79 Å². The van der Waals surface area contributed by atoms with Crippen molar-refractivity contribution >= 4 is 17.7 Å². The van der Waals surface area contributed by atoms with Gasteiger partial charge in [-0.1, -0.05) is 0 Å². The van der Waals surface area contributed by atoms with E-state index in [4.69, 9.17) is 5.11 Å². The maximum absolute atomic E-state index is 12.5. The molecule has 0 saturated carbocycles. The van der Waals surface area contributed by atoms with Crippen molar-refractivity contribution in [2.45, 2.75) is 17.4 Å². The zero-order valence-electron chi connectivity index (χ0n) is 7.89. The van der Waals surface area contributed by atoms with Gasteiger partial charge in [-0.3, -0.25) is 4.79 Å². The molecule has 0 fully saturated rings. The van der Waals surface area contributed by atoms with Crippen molar-refractivity contribution in [3.8, 4) is 0 Å². The first-order valence-corrected chi connectivity index (χ1v) is 5.34. The molecule has 15 heavy (non-hydrogen) atoms. The summed E-state index contributed by atoms with van der Waals surface area (Å²) < 4.78 is 12.5. The highest BCUT2D eigenvalue weighted by molar-refractivity contribution is 7.99. The van der Waals surface area contributed by atoms with Crippen LogP contribution in [0.3, 0.4) is 0 Å². The summed E-state index contributed by atoms with van der Waals surface area (Å²) in [7, 11) is 0. The van der Waals surface area contributed by atoms with Crippen LogP contribution in [0.2, 0.25) is 0 Å². The van der Waals surface area contributed by atoms with Gasteiger partial charge in [0.2, 0.25) is 0 Å². The van der Waals surface area contributed by atoms with E-state index in [2.05, 4.69) is 0 Å². The third-order valence-corrected chi connectivity index (χ3v) is 2.82. The van der Waals surface area contributed by atoms with Crippen molar-refractivity contribution in [3.63, 3.8) is 0 Å². The Balaban J connectivity index is 2.36. The van der Waals surface area contributed by atoms with Gasteiger partial charge in [0, 0.05) is 10.6 Å². The second-order valence-electron chi connectivity index (χ2n) is 3.02. The lowest BCUT2D eigenvalue weighted by molar-refractivity contribution is -0.138. The van der Waals surface area contributed by atoms with Crippen LogP contribution in [0.5, 0.6) is 0 Å². The van der Waals surface area contributed by atoms with Gasteiger partial charge in [0.05, 0.1) is 12.5 Å². The Kier molecular flexibility index (Phi) is 4.58. The Morgan fingerprint density at radius 3 is 2.53 bits per heavy atom. The van der Waals surface area contributed by atoms with E-state index in [1.165, 1.54) is 23.9 Å². The van der Waals surface area contributed by atoms with Gasteiger partial charge in [0.15, 0.2) is 0 Å². The van der Waals surface area contributed by atoms with Gasteiger partial charge < -0.3 is 10.2 Å². The molecule has 2 N–H and O–H groups in total. The smallest absolute Gasteiger partial charge is 0.306 e. The van der Waals surface area contributed by atoms with E-state index in [9.17, 15) is 14.3 Å². The third kappa shape index (κ3) is 4.80. The summed E-state index contributed by atoms with van der Waals surface area (Å²) in [6.07, 6.45) is -1.15. The number of hydrogen-bond acceptors (Lipinski definition) is 3. The molecule has 0 amide bonds. The second kappa shape index (κ2) is 5.72. The Bertz CT molecular complexity index is 326. The SMILES string of the molecule is O=C(O)C[C@H](O)CSc1ccc(F)cc1. The fourth-order valence-electron chi connectivity index (χ4n) is 0.984. The second-order valence-corrected chi connectivity index (χ2v) is 4.11. The van der Waals surface area contributed by atoms with Crippen molar-refractivity contribution < 1.29 is 19.4 Å². The normalized spacial score (nSPS) is 12.4. The van der Waals surface area contributed by atoms with E-state index in [0.717, 1.165) is 4.90 Å². The molecule has 0 unspecified atom stereocenters. The molecule has 1 aromatic carbocycles. The van der Waals surface area contributed by atoms with Gasteiger partial charge in [-0.2, -0.15) is 0 Å². The number of aliphatic hydroxyl groups is 1. The van der Waals surface area contributed by atoms with Crippen LogP contribution in [-0.4, -0.2) is 28.0 Å². The molecule has 0 aliphatic rings. The first-order valence-electron chi connectivity index (χ1n) is 4.36. The van der Waals surface area contributed by atoms with E-state index in [-0.39, 0.29) is 18.0 Å². The highest BCUT2D eigenvalue weighted by Gasteiger charge is 2.09. The molecule has 3 nitrogen and oxygen atoms in total. The molecule has 0 heterocycles. The molecule has 0 aliphatic heterocycles. The number of carbonyl (C=O) groups is 1. The molecular formula is C10H11FO3S. The summed E-state index contributed by atoms with van der Waals surface area (Å²) in [4.78, 5) is 11.1. The minimum absolute atomic E-state index is 0.270. The number of carboxylic acid groups (broad SMARTS) is 1. The average Bonchev–Trinajstić information content (AvgIpc) is 2.16. The summed E-state index contributed by atoms with van der Waals surface area (Å²) >= 11 is 1.30. The maximum Gasteiger partial charge on any atom is 0.306 e. The highest BCUT2D eigenvalue weighted by atomic mass is 32.2. The molecule has 1 aromatic rings. The van der Waals surface area contributed by atoms with E-state index < -0.39 is 12.1 Å². The molecule has 0 aromatic heterocycles. The topological polar surface area (TPSA) is 57.5 Å². The monoisotopic (exact) mass is 230 g/mol. The molecule has 0 spiro atoms. The largest absolute Gasteiger partial charge is 0.481 e. The highest BCUT2D eigenvalue weighted by Crippen LogP contribution is 2.19. The lowest BCUT2D eigenvalue weighted by Gasteiger charge is -2.06. The molecular weight excluding hydrogens is 219 g/mol. The standard InChI is InChI=1S/C10H11FO3S/c11-7-1-3-9(4-2-7)15-6-8(12)5-10(13)14/h1-4,8,12H,5-6H2,(H,13,14)/t8-/m0/s1. The Labute approximate surface area is 90.9 Å². The van der Waals surface area contributed by atoms with Crippen LogP contribution in [0.1, 0.15) is 6.42 Å². The Morgan fingerprint density at radius 1 is 1.40 bits per heavy atom. The fraction of sp³-hybridized carbons (Fsp3) is 0.300. The van der Waals surface area contributed by atoms with Gasteiger partial charge in [0.1, 0.15) is 5.82 Å². The zero-order chi connectivity index (χ0) is 11.3. The van der Waals surface area contributed by atoms with Crippen LogP contribution >= 0.6 is 11.8 Å².